The van der Waals surface area contributed by atoms with Crippen LogP contribution in [-0.2, 0) is 0 Å². The van der Waals surface area contributed by atoms with Crippen LogP contribution in [0.25, 0.3) is 0 Å². The Morgan fingerprint density at radius 2 is 1.95 bits per heavy atom. The summed E-state index contributed by atoms with van der Waals surface area (Å²) in [6, 6.07) is 12.5. The van der Waals surface area contributed by atoms with Crippen LogP contribution < -0.4 is 5.32 Å². The van der Waals surface area contributed by atoms with Gasteiger partial charge in [-0.15, -0.1) is 0 Å². The van der Waals surface area contributed by atoms with Crippen molar-refractivity contribution < 1.29 is 4.79 Å². The van der Waals surface area contributed by atoms with E-state index in [4.69, 9.17) is 16.9 Å². The van der Waals surface area contributed by atoms with Crippen LogP contribution in [0.5, 0.6) is 0 Å². The molecule has 3 nitrogen and oxygen atoms in total. The molecule has 4 heteroatoms. The van der Waals surface area contributed by atoms with Crippen molar-refractivity contribution in [1.29, 1.82) is 5.26 Å². The topological polar surface area (TPSA) is 52.9 Å². The van der Waals surface area contributed by atoms with Crippen LogP contribution in [0, 0.1) is 25.2 Å². The van der Waals surface area contributed by atoms with Crippen LogP contribution in [0.2, 0.25) is 5.02 Å². The minimum Gasteiger partial charge on any atom is -0.322 e. The second-order valence-electron chi connectivity index (χ2n) is 4.53. The number of carbonyl (C=O) groups is 1. The minimum atomic E-state index is -0.281. The molecule has 2 aromatic rings. The largest absolute Gasteiger partial charge is 0.322 e. The van der Waals surface area contributed by atoms with Crippen molar-refractivity contribution >= 4 is 23.2 Å². The van der Waals surface area contributed by atoms with Crippen molar-refractivity contribution in [2.75, 3.05) is 5.32 Å². The summed E-state index contributed by atoms with van der Waals surface area (Å²) < 4.78 is 0. The normalized spacial score (nSPS) is 9.90. The molecule has 0 aliphatic rings. The third-order valence-corrected chi connectivity index (χ3v) is 3.55. The first kappa shape index (κ1) is 14.1. The summed E-state index contributed by atoms with van der Waals surface area (Å²) in [5.41, 5.74) is 3.28. The molecule has 2 rings (SSSR count). The number of carbonyl (C=O) groups excluding carboxylic acids is 1. The zero-order valence-corrected chi connectivity index (χ0v) is 12.0. The summed E-state index contributed by atoms with van der Waals surface area (Å²) in [6.45, 7) is 3.72. The Morgan fingerprint density at radius 1 is 1.20 bits per heavy atom. The number of anilines is 1. The van der Waals surface area contributed by atoms with E-state index in [1.807, 2.05) is 19.9 Å². The van der Waals surface area contributed by atoms with Gasteiger partial charge in [0, 0.05) is 5.69 Å². The molecule has 1 amide bonds. The molecule has 0 atom stereocenters. The second-order valence-corrected chi connectivity index (χ2v) is 4.91. The summed E-state index contributed by atoms with van der Waals surface area (Å²) in [5.74, 6) is -0.281. The molecule has 20 heavy (non-hydrogen) atoms. The van der Waals surface area contributed by atoms with Gasteiger partial charge in [0.15, 0.2) is 0 Å². The van der Waals surface area contributed by atoms with Crippen LogP contribution in [0.4, 0.5) is 5.69 Å². The van der Waals surface area contributed by atoms with Crippen LogP contribution in [0.15, 0.2) is 36.4 Å². The standard InChI is InChI=1S/C16H13ClN2O/c1-10-6-7-12(9-18)8-14(10)19-16(20)13-5-3-4-11(2)15(13)17/h3-8H,1-2H3,(H,19,20). The Hall–Kier alpha value is -2.31. The monoisotopic (exact) mass is 284 g/mol. The quantitative estimate of drug-likeness (QED) is 0.903. The Morgan fingerprint density at radius 3 is 2.65 bits per heavy atom. The third kappa shape index (κ3) is 2.81. The summed E-state index contributed by atoms with van der Waals surface area (Å²) >= 11 is 6.14. The third-order valence-electron chi connectivity index (χ3n) is 3.05. The molecule has 0 aliphatic carbocycles. The Labute approximate surface area is 122 Å². The van der Waals surface area contributed by atoms with E-state index in [0.29, 0.717) is 21.8 Å². The number of nitrogens with one attached hydrogen (secondary N) is 1. The van der Waals surface area contributed by atoms with Crippen molar-refractivity contribution in [3.8, 4) is 6.07 Å². The van der Waals surface area contributed by atoms with Crippen molar-refractivity contribution in [2.24, 2.45) is 0 Å². The lowest BCUT2D eigenvalue weighted by Gasteiger charge is -2.10. The number of nitriles is 1. The van der Waals surface area contributed by atoms with Gasteiger partial charge in [-0.05, 0) is 43.2 Å². The van der Waals surface area contributed by atoms with Gasteiger partial charge in [-0.1, -0.05) is 29.8 Å². The van der Waals surface area contributed by atoms with Gasteiger partial charge in [-0.25, -0.2) is 0 Å². The highest BCUT2D eigenvalue weighted by Gasteiger charge is 2.13. The highest BCUT2D eigenvalue weighted by atomic mass is 35.5. The fourth-order valence-electron chi connectivity index (χ4n) is 1.84. The average Bonchev–Trinajstić information content (AvgIpc) is 2.44. The first-order chi connectivity index (χ1) is 9.52. The highest BCUT2D eigenvalue weighted by molar-refractivity contribution is 6.35. The van der Waals surface area contributed by atoms with Gasteiger partial charge in [-0.2, -0.15) is 5.26 Å². The first-order valence-corrected chi connectivity index (χ1v) is 6.48. The van der Waals surface area contributed by atoms with Gasteiger partial charge in [-0.3, -0.25) is 4.79 Å². The number of benzene rings is 2. The van der Waals surface area contributed by atoms with Gasteiger partial charge >= 0.3 is 0 Å². The summed E-state index contributed by atoms with van der Waals surface area (Å²) in [7, 11) is 0. The van der Waals surface area contributed by atoms with Crippen LogP contribution in [0.3, 0.4) is 0 Å². The van der Waals surface area contributed by atoms with Gasteiger partial charge in [0.25, 0.3) is 5.91 Å². The van der Waals surface area contributed by atoms with E-state index >= 15 is 0 Å². The zero-order valence-electron chi connectivity index (χ0n) is 11.2. The molecule has 2 aromatic carbocycles. The van der Waals surface area contributed by atoms with E-state index in [1.165, 1.54) is 0 Å². The predicted octanol–water partition coefficient (Wildman–Crippen LogP) is 4.08. The molecule has 0 heterocycles. The molecular weight excluding hydrogens is 272 g/mol. The highest BCUT2D eigenvalue weighted by Crippen LogP contribution is 2.23. The number of nitrogens with zero attached hydrogens (tertiary/aromatic N) is 1. The average molecular weight is 285 g/mol. The maximum absolute atomic E-state index is 12.3. The molecule has 0 fully saturated rings. The summed E-state index contributed by atoms with van der Waals surface area (Å²) in [5, 5.41) is 12.1. The molecular formula is C16H13ClN2O. The van der Waals surface area contributed by atoms with Gasteiger partial charge in [0.1, 0.15) is 0 Å². The van der Waals surface area contributed by atoms with E-state index in [0.717, 1.165) is 11.1 Å². The van der Waals surface area contributed by atoms with Crippen molar-refractivity contribution in [3.63, 3.8) is 0 Å². The molecule has 0 aliphatic heterocycles. The van der Waals surface area contributed by atoms with Crippen molar-refractivity contribution in [2.45, 2.75) is 13.8 Å². The van der Waals surface area contributed by atoms with Crippen molar-refractivity contribution in [3.05, 3.63) is 63.7 Å². The van der Waals surface area contributed by atoms with Crippen LogP contribution in [0.1, 0.15) is 27.0 Å². The van der Waals surface area contributed by atoms with Gasteiger partial charge in [0.05, 0.1) is 22.2 Å². The van der Waals surface area contributed by atoms with Crippen molar-refractivity contribution in [1.82, 2.24) is 0 Å². The Bertz CT molecular complexity index is 717. The van der Waals surface area contributed by atoms with Gasteiger partial charge < -0.3 is 5.32 Å². The van der Waals surface area contributed by atoms with E-state index in [2.05, 4.69) is 11.4 Å². The SMILES string of the molecule is Cc1ccc(C#N)cc1NC(=O)c1cccc(C)c1Cl. The predicted molar refractivity (Wildman–Crippen MR) is 80.0 cm³/mol. The maximum Gasteiger partial charge on any atom is 0.257 e. The maximum atomic E-state index is 12.3. The number of amides is 1. The fourth-order valence-corrected chi connectivity index (χ4v) is 2.05. The summed E-state index contributed by atoms with van der Waals surface area (Å²) in [4.78, 5) is 12.3. The molecule has 100 valence electrons. The Kier molecular flexibility index (Phi) is 4.07. The lowest BCUT2D eigenvalue weighted by Crippen LogP contribution is -2.13. The molecule has 0 saturated heterocycles. The first-order valence-electron chi connectivity index (χ1n) is 6.10. The van der Waals surface area contributed by atoms with E-state index in [1.54, 1.807) is 30.3 Å². The molecule has 0 aromatic heterocycles. The number of hydrogen-bond acceptors (Lipinski definition) is 2. The van der Waals surface area contributed by atoms with E-state index in [9.17, 15) is 4.79 Å². The van der Waals surface area contributed by atoms with E-state index < -0.39 is 0 Å². The second kappa shape index (κ2) is 5.77. The molecule has 0 saturated carbocycles. The van der Waals surface area contributed by atoms with Gasteiger partial charge in [0.2, 0.25) is 0 Å². The Balaban J connectivity index is 2.33. The molecule has 0 bridgehead atoms. The number of hydrogen-bond donors (Lipinski definition) is 1. The molecule has 0 radical (unpaired) electrons. The van der Waals surface area contributed by atoms with Crippen LogP contribution in [-0.4, -0.2) is 5.91 Å². The fraction of sp³-hybridized carbons (Fsp3) is 0.125. The number of aryl methyl sites for hydroxylation is 2. The van der Waals surface area contributed by atoms with Crippen LogP contribution >= 0.6 is 11.6 Å². The summed E-state index contributed by atoms with van der Waals surface area (Å²) in [6.07, 6.45) is 0. The molecule has 1 N–H and O–H groups in total. The lowest BCUT2D eigenvalue weighted by atomic mass is 10.1. The number of halogens is 1. The smallest absolute Gasteiger partial charge is 0.257 e. The molecule has 0 unspecified atom stereocenters. The molecule has 0 spiro atoms. The zero-order chi connectivity index (χ0) is 14.7. The number of rotatable bonds is 2. The van der Waals surface area contributed by atoms with E-state index in [-0.39, 0.29) is 5.91 Å². The lowest BCUT2D eigenvalue weighted by molar-refractivity contribution is 0.102. The minimum absolute atomic E-state index is 0.281.